The minimum atomic E-state index is -1.49. The number of hydrogen-bond acceptors (Lipinski definition) is 7. The van der Waals surface area contributed by atoms with Crippen LogP contribution in [-0.2, 0) is 9.47 Å². The van der Waals surface area contributed by atoms with Crippen molar-refractivity contribution in [2.45, 2.75) is 11.8 Å². The highest BCUT2D eigenvalue weighted by Gasteiger charge is 2.95. The van der Waals surface area contributed by atoms with Crippen LogP contribution in [0.4, 0.5) is 0 Å². The predicted molar refractivity (Wildman–Crippen MR) is 63.8 cm³/mol. The number of aliphatic imine (C=N–C) groups is 1. The third kappa shape index (κ3) is 0.856. The van der Waals surface area contributed by atoms with Crippen LogP contribution in [0.1, 0.15) is 11.7 Å². The van der Waals surface area contributed by atoms with Gasteiger partial charge in [0, 0.05) is 0 Å². The summed E-state index contributed by atoms with van der Waals surface area (Å²) in [4.78, 5) is 4.16. The van der Waals surface area contributed by atoms with E-state index in [1.807, 2.05) is 0 Å². The van der Waals surface area contributed by atoms with Crippen LogP contribution >= 0.6 is 0 Å². The van der Waals surface area contributed by atoms with Crippen molar-refractivity contribution in [2.75, 3.05) is 13.2 Å². The lowest BCUT2D eigenvalue weighted by Crippen LogP contribution is -2.38. The summed E-state index contributed by atoms with van der Waals surface area (Å²) in [5.41, 5.74) is 3.42. The third-order valence-electron chi connectivity index (χ3n) is 4.43. The molecule has 1 aromatic rings. The molecule has 4 rings (SSSR count). The zero-order valence-electron chi connectivity index (χ0n) is 10.4. The molecule has 0 radical (unpaired) electrons. The molecule has 3 atom stereocenters. The Labute approximate surface area is 114 Å². The Balaban J connectivity index is 1.96. The monoisotopic (exact) mass is 270 g/mol. The maximum Gasteiger partial charge on any atom is 0.293 e. The molecule has 7 heteroatoms. The van der Waals surface area contributed by atoms with Crippen molar-refractivity contribution in [1.29, 1.82) is 10.5 Å². The first kappa shape index (κ1) is 11.5. The van der Waals surface area contributed by atoms with Crippen LogP contribution in [0.15, 0.2) is 27.8 Å². The number of nitriles is 2. The Morgan fingerprint density at radius 3 is 2.60 bits per heavy atom. The second-order valence-corrected chi connectivity index (χ2v) is 5.06. The molecule has 0 amide bonds. The number of ether oxygens (including phenoxy) is 2. The van der Waals surface area contributed by atoms with Gasteiger partial charge in [0.25, 0.3) is 5.91 Å². The van der Waals surface area contributed by atoms with Gasteiger partial charge in [-0.25, -0.2) is 4.99 Å². The van der Waals surface area contributed by atoms with Crippen LogP contribution < -0.4 is 5.73 Å². The number of rotatable bonds is 1. The number of furan rings is 1. The van der Waals surface area contributed by atoms with E-state index in [9.17, 15) is 10.5 Å². The molecule has 2 aliphatic heterocycles. The SMILES string of the molecule is N#C[C@@]12C(N)=NC3(OCCO3)[C@]1(C#N)[C@H]2c1ccco1. The van der Waals surface area contributed by atoms with Gasteiger partial charge in [-0.3, -0.25) is 0 Å². The molecular weight excluding hydrogens is 260 g/mol. The van der Waals surface area contributed by atoms with Crippen molar-refractivity contribution in [1.82, 2.24) is 0 Å². The van der Waals surface area contributed by atoms with E-state index in [4.69, 9.17) is 19.6 Å². The fourth-order valence-electron chi connectivity index (χ4n) is 3.60. The molecule has 1 saturated carbocycles. The Morgan fingerprint density at radius 1 is 1.30 bits per heavy atom. The molecule has 1 spiro atoms. The fourth-order valence-corrected chi connectivity index (χ4v) is 3.60. The zero-order valence-corrected chi connectivity index (χ0v) is 10.4. The van der Waals surface area contributed by atoms with Crippen LogP contribution in [0.5, 0.6) is 0 Å². The Kier molecular flexibility index (Phi) is 1.84. The summed E-state index contributed by atoms with van der Waals surface area (Å²) in [5, 5.41) is 19.4. The molecule has 100 valence electrons. The summed E-state index contributed by atoms with van der Waals surface area (Å²) in [6.07, 6.45) is 1.50. The van der Waals surface area contributed by atoms with E-state index in [-0.39, 0.29) is 5.84 Å². The molecule has 1 aromatic heterocycles. The lowest BCUT2D eigenvalue weighted by atomic mass is 9.94. The molecule has 3 aliphatic rings. The summed E-state index contributed by atoms with van der Waals surface area (Å²) in [6.45, 7) is 0.624. The molecule has 1 aliphatic carbocycles. The topological polar surface area (TPSA) is 118 Å². The normalized spacial score (nSPS) is 39.9. The van der Waals surface area contributed by atoms with Crippen molar-refractivity contribution in [2.24, 2.45) is 21.6 Å². The van der Waals surface area contributed by atoms with Gasteiger partial charge < -0.3 is 19.6 Å². The highest BCUT2D eigenvalue weighted by atomic mass is 16.8. The van der Waals surface area contributed by atoms with E-state index in [1.54, 1.807) is 12.1 Å². The first-order valence-electron chi connectivity index (χ1n) is 6.18. The fraction of sp³-hybridized carbons (Fsp3) is 0.462. The zero-order chi connectivity index (χ0) is 14.0. The second kappa shape index (κ2) is 3.21. The Bertz CT molecular complexity index is 692. The van der Waals surface area contributed by atoms with Gasteiger partial charge in [0.05, 0.1) is 37.5 Å². The van der Waals surface area contributed by atoms with E-state index in [0.29, 0.717) is 19.0 Å². The summed E-state index contributed by atoms with van der Waals surface area (Å²) >= 11 is 0. The van der Waals surface area contributed by atoms with E-state index in [2.05, 4.69) is 17.1 Å². The molecule has 0 unspecified atom stereocenters. The Morgan fingerprint density at radius 2 is 2.05 bits per heavy atom. The van der Waals surface area contributed by atoms with Gasteiger partial charge in [-0.2, -0.15) is 10.5 Å². The highest BCUT2D eigenvalue weighted by molar-refractivity contribution is 6.00. The lowest BCUT2D eigenvalue weighted by Gasteiger charge is -2.25. The summed E-state index contributed by atoms with van der Waals surface area (Å²) in [7, 11) is 0. The van der Waals surface area contributed by atoms with Crippen LogP contribution in [0.3, 0.4) is 0 Å². The Hall–Kier alpha value is -2.35. The largest absolute Gasteiger partial charge is 0.469 e. The van der Waals surface area contributed by atoms with E-state index in [1.165, 1.54) is 6.26 Å². The standard InChI is InChI=1S/C13H10N4O3/c14-6-11-9(8-2-1-3-18-8)12(11,7-15)13(17-10(11)16)19-4-5-20-13/h1-3,9H,4-5H2,(H2,16,17)/t9-,11+,12+/m0/s1. The molecule has 1 saturated heterocycles. The summed E-state index contributed by atoms with van der Waals surface area (Å²) in [6, 6.07) is 7.75. The molecular formula is C13H10N4O3. The van der Waals surface area contributed by atoms with Crippen LogP contribution in [0.25, 0.3) is 0 Å². The van der Waals surface area contributed by atoms with Gasteiger partial charge in [-0.15, -0.1) is 0 Å². The van der Waals surface area contributed by atoms with Crippen molar-refractivity contribution >= 4 is 5.84 Å². The lowest BCUT2D eigenvalue weighted by molar-refractivity contribution is -0.184. The second-order valence-electron chi connectivity index (χ2n) is 5.06. The third-order valence-corrected chi connectivity index (χ3v) is 4.43. The van der Waals surface area contributed by atoms with E-state index < -0.39 is 22.7 Å². The molecule has 20 heavy (non-hydrogen) atoms. The van der Waals surface area contributed by atoms with Gasteiger partial charge in [-0.1, -0.05) is 0 Å². The van der Waals surface area contributed by atoms with Gasteiger partial charge >= 0.3 is 0 Å². The van der Waals surface area contributed by atoms with Crippen molar-refractivity contribution in [3.63, 3.8) is 0 Å². The van der Waals surface area contributed by atoms with Gasteiger partial charge in [0.2, 0.25) is 0 Å². The van der Waals surface area contributed by atoms with E-state index in [0.717, 1.165) is 0 Å². The summed E-state index contributed by atoms with van der Waals surface area (Å²) in [5.74, 6) is -1.43. The number of hydrogen-bond donors (Lipinski definition) is 1. The van der Waals surface area contributed by atoms with Gasteiger partial charge in [0.15, 0.2) is 10.8 Å². The maximum absolute atomic E-state index is 9.74. The van der Waals surface area contributed by atoms with Crippen LogP contribution in [-0.4, -0.2) is 25.0 Å². The van der Waals surface area contributed by atoms with Crippen molar-refractivity contribution < 1.29 is 13.9 Å². The molecule has 0 bridgehead atoms. The number of nitrogens with zero attached hydrogens (tertiary/aromatic N) is 3. The smallest absolute Gasteiger partial charge is 0.293 e. The summed E-state index contributed by atoms with van der Waals surface area (Å²) < 4.78 is 16.5. The minimum Gasteiger partial charge on any atom is -0.469 e. The quantitative estimate of drug-likeness (QED) is 0.792. The minimum absolute atomic E-state index is 0.0739. The molecule has 2 fully saturated rings. The van der Waals surface area contributed by atoms with Crippen molar-refractivity contribution in [3.05, 3.63) is 24.2 Å². The van der Waals surface area contributed by atoms with Gasteiger partial charge in [0.1, 0.15) is 11.6 Å². The van der Waals surface area contributed by atoms with Crippen molar-refractivity contribution in [3.8, 4) is 12.1 Å². The molecule has 3 heterocycles. The molecule has 7 nitrogen and oxygen atoms in total. The average molecular weight is 270 g/mol. The average Bonchev–Trinajstić information content (AvgIpc) is 2.93. The molecule has 0 aromatic carbocycles. The first-order valence-corrected chi connectivity index (χ1v) is 6.18. The predicted octanol–water partition coefficient (Wildman–Crippen LogP) is 0.468. The molecule has 2 N–H and O–H groups in total. The first-order chi connectivity index (χ1) is 9.68. The highest BCUT2D eigenvalue weighted by Crippen LogP contribution is 2.82. The van der Waals surface area contributed by atoms with Crippen LogP contribution in [0.2, 0.25) is 0 Å². The number of fused-ring (bicyclic) bond motifs is 2. The van der Waals surface area contributed by atoms with E-state index >= 15 is 0 Å². The maximum atomic E-state index is 9.74. The van der Waals surface area contributed by atoms with Gasteiger partial charge in [-0.05, 0) is 12.1 Å². The number of nitrogens with two attached hydrogens (primary N) is 1. The van der Waals surface area contributed by atoms with Crippen LogP contribution in [0, 0.1) is 33.5 Å². The number of amidine groups is 1.